The predicted molar refractivity (Wildman–Crippen MR) is 132 cm³/mol. The molecule has 0 saturated heterocycles. The summed E-state index contributed by atoms with van der Waals surface area (Å²) in [5.41, 5.74) is 0.822. The number of nitrogens with one attached hydrogen (secondary N) is 1. The zero-order valence-corrected chi connectivity index (χ0v) is 20.3. The minimum atomic E-state index is -3.71. The van der Waals surface area contributed by atoms with E-state index in [4.69, 9.17) is 4.74 Å². The number of methoxy groups -OCH3 is 1. The molecule has 0 aliphatic heterocycles. The summed E-state index contributed by atoms with van der Waals surface area (Å²) in [4.78, 5) is 31.6. The number of rotatable bonds is 7. The Morgan fingerprint density at radius 2 is 1.88 bits per heavy atom. The summed E-state index contributed by atoms with van der Waals surface area (Å²) in [5, 5.41) is 3.06. The van der Waals surface area contributed by atoms with Crippen LogP contribution in [0.4, 0.5) is 5.69 Å². The first-order valence-electron chi connectivity index (χ1n) is 10.2. The maximum atomic E-state index is 13.0. The van der Waals surface area contributed by atoms with Crippen LogP contribution in [-0.2, 0) is 21.4 Å². The zero-order valence-electron chi connectivity index (χ0n) is 18.7. The maximum absolute atomic E-state index is 13.0. The standard InChI is InChI=1S/C23H22N4O5S2/c1-26(2)34(30,31)16-9-10-19(32-3)18(11-16)25-21(28)13-27-14-24-22-17(23(27)29)12-20(33-22)15-7-5-4-6-8-15/h4-12,14H,13H2,1-3H3,(H,25,28). The molecular weight excluding hydrogens is 476 g/mol. The third-order valence-corrected chi connectivity index (χ3v) is 8.02. The highest BCUT2D eigenvalue weighted by Crippen LogP contribution is 2.31. The molecule has 4 aromatic rings. The van der Waals surface area contributed by atoms with Gasteiger partial charge in [0.15, 0.2) is 0 Å². The van der Waals surface area contributed by atoms with E-state index in [2.05, 4.69) is 10.3 Å². The molecule has 2 aromatic carbocycles. The first kappa shape index (κ1) is 23.6. The molecule has 9 nitrogen and oxygen atoms in total. The molecule has 34 heavy (non-hydrogen) atoms. The van der Waals surface area contributed by atoms with Crippen LogP contribution in [0.5, 0.6) is 5.75 Å². The van der Waals surface area contributed by atoms with Crippen molar-refractivity contribution in [3.05, 3.63) is 71.3 Å². The number of amides is 1. The van der Waals surface area contributed by atoms with Gasteiger partial charge in [0.1, 0.15) is 17.1 Å². The van der Waals surface area contributed by atoms with E-state index in [-0.39, 0.29) is 28.4 Å². The average Bonchev–Trinajstić information content (AvgIpc) is 3.26. The van der Waals surface area contributed by atoms with Crippen LogP contribution in [0.25, 0.3) is 20.7 Å². The summed E-state index contributed by atoms with van der Waals surface area (Å²) in [7, 11) is 0.538. The van der Waals surface area contributed by atoms with E-state index in [0.29, 0.717) is 10.2 Å². The van der Waals surface area contributed by atoms with Crippen LogP contribution in [0.3, 0.4) is 0 Å². The summed E-state index contributed by atoms with van der Waals surface area (Å²) in [6, 6.07) is 15.6. The van der Waals surface area contributed by atoms with Gasteiger partial charge in [-0.2, -0.15) is 0 Å². The molecule has 1 amide bonds. The predicted octanol–water partition coefficient (Wildman–Crippen LogP) is 3.02. The van der Waals surface area contributed by atoms with Crippen molar-refractivity contribution in [2.24, 2.45) is 0 Å². The van der Waals surface area contributed by atoms with Gasteiger partial charge in [0.2, 0.25) is 15.9 Å². The quantitative estimate of drug-likeness (QED) is 0.419. The minimum absolute atomic E-state index is 0.000526. The fourth-order valence-electron chi connectivity index (χ4n) is 3.32. The van der Waals surface area contributed by atoms with Crippen LogP contribution >= 0.6 is 11.3 Å². The van der Waals surface area contributed by atoms with E-state index < -0.39 is 15.9 Å². The van der Waals surface area contributed by atoms with Gasteiger partial charge in [-0.1, -0.05) is 30.3 Å². The van der Waals surface area contributed by atoms with Crippen molar-refractivity contribution in [2.75, 3.05) is 26.5 Å². The van der Waals surface area contributed by atoms with E-state index in [1.165, 1.54) is 61.6 Å². The van der Waals surface area contributed by atoms with Crippen molar-refractivity contribution in [1.29, 1.82) is 0 Å². The number of aromatic nitrogens is 2. The number of carbonyl (C=O) groups excluding carboxylic acids is 1. The maximum Gasteiger partial charge on any atom is 0.262 e. The molecule has 0 saturated carbocycles. The number of thiophene rings is 1. The van der Waals surface area contributed by atoms with Crippen molar-refractivity contribution in [3.8, 4) is 16.2 Å². The number of carbonyl (C=O) groups is 1. The monoisotopic (exact) mass is 498 g/mol. The van der Waals surface area contributed by atoms with Crippen molar-refractivity contribution < 1.29 is 17.9 Å². The molecule has 0 spiro atoms. The Morgan fingerprint density at radius 3 is 2.56 bits per heavy atom. The Morgan fingerprint density at radius 1 is 1.15 bits per heavy atom. The Bertz CT molecular complexity index is 1530. The van der Waals surface area contributed by atoms with Crippen LogP contribution < -0.4 is 15.6 Å². The number of ether oxygens (including phenoxy) is 1. The van der Waals surface area contributed by atoms with Gasteiger partial charge in [-0.05, 0) is 29.8 Å². The molecule has 0 atom stereocenters. The van der Waals surface area contributed by atoms with Crippen molar-refractivity contribution >= 4 is 43.2 Å². The molecule has 0 bridgehead atoms. The second-order valence-electron chi connectivity index (χ2n) is 7.57. The van der Waals surface area contributed by atoms with Crippen molar-refractivity contribution in [1.82, 2.24) is 13.9 Å². The van der Waals surface area contributed by atoms with Crippen LogP contribution in [-0.4, -0.2) is 49.4 Å². The lowest BCUT2D eigenvalue weighted by Crippen LogP contribution is -2.28. The molecule has 11 heteroatoms. The highest BCUT2D eigenvalue weighted by atomic mass is 32.2. The lowest BCUT2D eigenvalue weighted by molar-refractivity contribution is -0.116. The normalized spacial score (nSPS) is 11.6. The van der Waals surface area contributed by atoms with E-state index in [1.54, 1.807) is 6.07 Å². The van der Waals surface area contributed by atoms with Gasteiger partial charge >= 0.3 is 0 Å². The highest BCUT2D eigenvalue weighted by molar-refractivity contribution is 7.89. The van der Waals surface area contributed by atoms with Gasteiger partial charge < -0.3 is 10.1 Å². The van der Waals surface area contributed by atoms with E-state index in [0.717, 1.165) is 14.7 Å². The second kappa shape index (κ2) is 9.37. The number of nitrogens with zero attached hydrogens (tertiary/aromatic N) is 3. The first-order valence-corrected chi connectivity index (χ1v) is 12.4. The molecule has 0 fully saturated rings. The summed E-state index contributed by atoms with van der Waals surface area (Å²) >= 11 is 1.40. The van der Waals surface area contributed by atoms with Gasteiger partial charge in [0.25, 0.3) is 5.56 Å². The molecule has 1 N–H and O–H groups in total. The molecular formula is C23H22N4O5S2. The topological polar surface area (TPSA) is 111 Å². The van der Waals surface area contributed by atoms with Crippen LogP contribution in [0.2, 0.25) is 0 Å². The second-order valence-corrected chi connectivity index (χ2v) is 10.8. The van der Waals surface area contributed by atoms with Gasteiger partial charge in [-0.15, -0.1) is 11.3 Å². The van der Waals surface area contributed by atoms with Crippen LogP contribution in [0.1, 0.15) is 0 Å². The Hall–Kier alpha value is -3.54. The van der Waals surface area contributed by atoms with Gasteiger partial charge in [0, 0.05) is 19.0 Å². The molecule has 0 aliphatic rings. The number of benzene rings is 2. The van der Waals surface area contributed by atoms with Gasteiger partial charge in [0.05, 0.1) is 29.4 Å². The lowest BCUT2D eigenvalue weighted by Gasteiger charge is -2.15. The van der Waals surface area contributed by atoms with Crippen LogP contribution in [0.15, 0.2) is 70.6 Å². The van der Waals surface area contributed by atoms with Gasteiger partial charge in [-0.3, -0.25) is 14.2 Å². The number of hydrogen-bond acceptors (Lipinski definition) is 7. The largest absolute Gasteiger partial charge is 0.495 e. The Balaban J connectivity index is 1.60. The van der Waals surface area contributed by atoms with E-state index in [9.17, 15) is 18.0 Å². The summed E-state index contributed by atoms with van der Waals surface area (Å²) < 4.78 is 32.4. The van der Waals surface area contributed by atoms with E-state index in [1.807, 2.05) is 30.3 Å². The zero-order chi connectivity index (χ0) is 24.5. The summed E-state index contributed by atoms with van der Waals surface area (Å²) in [6.07, 6.45) is 1.33. The van der Waals surface area contributed by atoms with Gasteiger partial charge in [-0.25, -0.2) is 17.7 Å². The third kappa shape index (κ3) is 4.58. The smallest absolute Gasteiger partial charge is 0.262 e. The molecule has 2 heterocycles. The van der Waals surface area contributed by atoms with Crippen molar-refractivity contribution in [3.63, 3.8) is 0 Å². The fraction of sp³-hybridized carbons (Fsp3) is 0.174. The number of sulfonamides is 1. The first-order chi connectivity index (χ1) is 16.2. The fourth-order valence-corrected chi connectivity index (χ4v) is 5.24. The number of fused-ring (bicyclic) bond motifs is 1. The third-order valence-electron chi connectivity index (χ3n) is 5.11. The summed E-state index contributed by atoms with van der Waals surface area (Å²) in [6.45, 7) is -0.300. The SMILES string of the molecule is COc1ccc(S(=O)(=O)N(C)C)cc1NC(=O)Cn1cnc2sc(-c3ccccc3)cc2c1=O. The summed E-state index contributed by atoms with van der Waals surface area (Å²) in [5.74, 6) is -0.239. The Labute approximate surface area is 200 Å². The molecule has 176 valence electrons. The average molecular weight is 499 g/mol. The number of hydrogen-bond donors (Lipinski definition) is 1. The molecule has 0 unspecified atom stereocenters. The molecule has 4 rings (SSSR count). The molecule has 0 aliphatic carbocycles. The molecule has 2 aromatic heterocycles. The number of anilines is 1. The van der Waals surface area contributed by atoms with Crippen LogP contribution in [0, 0.1) is 0 Å². The van der Waals surface area contributed by atoms with E-state index >= 15 is 0 Å². The highest BCUT2D eigenvalue weighted by Gasteiger charge is 2.20. The lowest BCUT2D eigenvalue weighted by atomic mass is 10.2. The Kier molecular flexibility index (Phi) is 6.51. The van der Waals surface area contributed by atoms with Crippen molar-refractivity contribution in [2.45, 2.75) is 11.4 Å². The molecule has 0 radical (unpaired) electrons. The minimum Gasteiger partial charge on any atom is -0.495 e.